The number of aliphatic carboxylic acids is 1. The van der Waals surface area contributed by atoms with E-state index in [4.69, 9.17) is 17.3 Å². The maximum absolute atomic E-state index is 12.3. The summed E-state index contributed by atoms with van der Waals surface area (Å²) >= 11 is 6.00. The van der Waals surface area contributed by atoms with E-state index in [1.54, 1.807) is 0 Å². The zero-order valence-electron chi connectivity index (χ0n) is 12.1. The van der Waals surface area contributed by atoms with Gasteiger partial charge in [-0.2, -0.15) is 0 Å². The molecule has 1 saturated heterocycles. The molecule has 0 bridgehead atoms. The SMILES string of the molecule is O=C(O)CNC(=O)CN1C(=O)/C(=C/c2ccc(O)cc2O)SC1=S. The number of thioether (sulfide) groups is 1. The van der Waals surface area contributed by atoms with Crippen molar-refractivity contribution in [2.45, 2.75) is 0 Å². The van der Waals surface area contributed by atoms with Crippen molar-refractivity contribution < 1.29 is 29.7 Å². The first-order valence-corrected chi connectivity index (χ1v) is 7.76. The highest BCUT2D eigenvalue weighted by molar-refractivity contribution is 8.26. The molecule has 1 aliphatic rings. The van der Waals surface area contributed by atoms with E-state index in [-0.39, 0.29) is 20.7 Å². The lowest BCUT2D eigenvalue weighted by Gasteiger charge is -2.13. The molecule has 2 amide bonds. The van der Waals surface area contributed by atoms with E-state index in [1.165, 1.54) is 18.2 Å². The van der Waals surface area contributed by atoms with Crippen molar-refractivity contribution >= 4 is 52.2 Å². The van der Waals surface area contributed by atoms with Crippen LogP contribution < -0.4 is 5.32 Å². The molecular weight excluding hydrogens is 356 g/mol. The molecule has 4 N–H and O–H groups in total. The van der Waals surface area contributed by atoms with E-state index < -0.39 is 30.9 Å². The number of carboxylic acid groups (broad SMARTS) is 1. The Morgan fingerprint density at radius 3 is 2.67 bits per heavy atom. The molecule has 1 aliphatic heterocycles. The molecule has 1 fully saturated rings. The lowest BCUT2D eigenvalue weighted by Crippen LogP contribution is -2.41. The van der Waals surface area contributed by atoms with Crippen LogP contribution in [0.1, 0.15) is 5.56 Å². The number of hydrogen-bond acceptors (Lipinski definition) is 7. The Kier molecular flexibility index (Phi) is 5.42. The van der Waals surface area contributed by atoms with Crippen LogP contribution in [0.3, 0.4) is 0 Å². The quantitative estimate of drug-likeness (QED) is 0.437. The normalized spacial score (nSPS) is 15.8. The number of phenols is 2. The van der Waals surface area contributed by atoms with Crippen LogP contribution in [-0.2, 0) is 14.4 Å². The highest BCUT2D eigenvalue weighted by Gasteiger charge is 2.33. The van der Waals surface area contributed by atoms with Crippen molar-refractivity contribution in [3.05, 3.63) is 28.7 Å². The molecule has 24 heavy (non-hydrogen) atoms. The van der Waals surface area contributed by atoms with Gasteiger partial charge in [-0.3, -0.25) is 19.3 Å². The minimum absolute atomic E-state index is 0.118. The molecule has 0 atom stereocenters. The van der Waals surface area contributed by atoms with Crippen LogP contribution in [0.2, 0.25) is 0 Å². The number of carbonyl (C=O) groups excluding carboxylic acids is 2. The fourth-order valence-electron chi connectivity index (χ4n) is 1.81. The summed E-state index contributed by atoms with van der Waals surface area (Å²) in [6.45, 7) is -0.943. The molecule has 0 aliphatic carbocycles. The molecule has 2 rings (SSSR count). The second-order valence-corrected chi connectivity index (χ2v) is 6.36. The maximum Gasteiger partial charge on any atom is 0.322 e. The van der Waals surface area contributed by atoms with Crippen molar-refractivity contribution in [2.24, 2.45) is 0 Å². The van der Waals surface area contributed by atoms with E-state index in [0.717, 1.165) is 22.7 Å². The van der Waals surface area contributed by atoms with Crippen molar-refractivity contribution in [1.29, 1.82) is 0 Å². The highest BCUT2D eigenvalue weighted by Crippen LogP contribution is 2.34. The van der Waals surface area contributed by atoms with Crippen LogP contribution in [0, 0.1) is 0 Å². The van der Waals surface area contributed by atoms with Crippen LogP contribution in [-0.4, -0.2) is 55.4 Å². The summed E-state index contributed by atoms with van der Waals surface area (Å²) < 4.78 is 0.148. The summed E-state index contributed by atoms with van der Waals surface area (Å²) in [5, 5.41) is 29.6. The molecule has 1 aromatic carbocycles. The van der Waals surface area contributed by atoms with Gasteiger partial charge in [-0.25, -0.2) is 0 Å². The van der Waals surface area contributed by atoms with Crippen LogP contribution in [0.15, 0.2) is 23.1 Å². The molecule has 10 heteroatoms. The van der Waals surface area contributed by atoms with Gasteiger partial charge in [0.1, 0.15) is 28.9 Å². The number of aromatic hydroxyl groups is 2. The van der Waals surface area contributed by atoms with Gasteiger partial charge in [0.05, 0.1) is 4.91 Å². The van der Waals surface area contributed by atoms with E-state index in [9.17, 15) is 24.6 Å². The molecule has 1 heterocycles. The average Bonchev–Trinajstić information content (AvgIpc) is 2.75. The van der Waals surface area contributed by atoms with Gasteiger partial charge in [0.2, 0.25) is 5.91 Å². The van der Waals surface area contributed by atoms with Crippen LogP contribution in [0.4, 0.5) is 0 Å². The number of phenolic OH excluding ortho intramolecular Hbond substituents is 2. The minimum atomic E-state index is -1.20. The summed E-state index contributed by atoms with van der Waals surface area (Å²) in [4.78, 5) is 35.6. The number of nitrogens with zero attached hydrogens (tertiary/aromatic N) is 1. The van der Waals surface area contributed by atoms with E-state index >= 15 is 0 Å². The predicted molar refractivity (Wildman–Crippen MR) is 90.3 cm³/mol. The first-order valence-electron chi connectivity index (χ1n) is 6.54. The zero-order chi connectivity index (χ0) is 17.9. The van der Waals surface area contributed by atoms with Gasteiger partial charge >= 0.3 is 5.97 Å². The van der Waals surface area contributed by atoms with Crippen molar-refractivity contribution in [2.75, 3.05) is 13.1 Å². The van der Waals surface area contributed by atoms with Crippen LogP contribution >= 0.6 is 24.0 Å². The lowest BCUT2D eigenvalue weighted by atomic mass is 10.1. The fraction of sp³-hybridized carbons (Fsp3) is 0.143. The largest absolute Gasteiger partial charge is 0.508 e. The van der Waals surface area contributed by atoms with E-state index in [0.29, 0.717) is 5.56 Å². The summed E-state index contributed by atoms with van der Waals surface area (Å²) in [6.07, 6.45) is 1.39. The molecule has 126 valence electrons. The first-order chi connectivity index (χ1) is 11.3. The second-order valence-electron chi connectivity index (χ2n) is 4.68. The number of thiocarbonyl (C=S) groups is 1. The number of carboxylic acids is 1. The Balaban J connectivity index is 2.12. The Morgan fingerprint density at radius 1 is 1.33 bits per heavy atom. The Hall–Kier alpha value is -2.59. The third kappa shape index (κ3) is 4.24. The standard InChI is InChI=1S/C14H12N2O6S2/c17-8-2-1-7(9(18)4-8)3-10-13(22)16(14(23)24-10)6-11(19)15-5-12(20)21/h1-4,17-18H,5-6H2,(H,15,19)(H,20,21)/b10-3-. The number of amides is 2. The molecule has 8 nitrogen and oxygen atoms in total. The third-order valence-electron chi connectivity index (χ3n) is 2.91. The van der Waals surface area contributed by atoms with Gasteiger partial charge in [0.15, 0.2) is 0 Å². The lowest BCUT2D eigenvalue weighted by molar-refractivity contribution is -0.138. The van der Waals surface area contributed by atoms with E-state index in [1.807, 2.05) is 0 Å². The molecule has 0 radical (unpaired) electrons. The highest BCUT2D eigenvalue weighted by atomic mass is 32.2. The van der Waals surface area contributed by atoms with Gasteiger partial charge in [0.25, 0.3) is 5.91 Å². The smallest absolute Gasteiger partial charge is 0.322 e. The first kappa shape index (κ1) is 17.8. The van der Waals surface area contributed by atoms with Gasteiger partial charge in [-0.1, -0.05) is 24.0 Å². The molecule has 0 unspecified atom stereocenters. The number of rotatable bonds is 5. The van der Waals surface area contributed by atoms with Crippen molar-refractivity contribution in [3.63, 3.8) is 0 Å². The predicted octanol–water partition coefficient (Wildman–Crippen LogP) is 0.500. The molecule has 0 aromatic heterocycles. The summed E-state index contributed by atoms with van der Waals surface area (Å²) in [5.41, 5.74) is 0.309. The van der Waals surface area contributed by atoms with Gasteiger partial charge < -0.3 is 20.6 Å². The topological polar surface area (TPSA) is 127 Å². The maximum atomic E-state index is 12.3. The minimum Gasteiger partial charge on any atom is -0.508 e. The van der Waals surface area contributed by atoms with Crippen molar-refractivity contribution in [1.82, 2.24) is 10.2 Å². The third-order valence-corrected chi connectivity index (χ3v) is 4.29. The summed E-state index contributed by atoms with van der Waals surface area (Å²) in [7, 11) is 0. The van der Waals surface area contributed by atoms with Gasteiger partial charge in [-0.05, 0) is 18.2 Å². The Morgan fingerprint density at radius 2 is 2.04 bits per heavy atom. The Bertz CT molecular complexity index is 762. The van der Waals surface area contributed by atoms with E-state index in [2.05, 4.69) is 5.32 Å². The fourth-order valence-corrected chi connectivity index (χ4v) is 3.05. The van der Waals surface area contributed by atoms with Crippen molar-refractivity contribution in [3.8, 4) is 11.5 Å². The van der Waals surface area contributed by atoms with Crippen LogP contribution in [0.25, 0.3) is 6.08 Å². The number of hydrogen-bond donors (Lipinski definition) is 4. The molecule has 0 saturated carbocycles. The average molecular weight is 368 g/mol. The zero-order valence-corrected chi connectivity index (χ0v) is 13.7. The number of nitrogens with one attached hydrogen (secondary N) is 1. The van der Waals surface area contributed by atoms with Crippen LogP contribution in [0.5, 0.6) is 11.5 Å². The number of benzene rings is 1. The molecular formula is C14H12N2O6S2. The summed E-state index contributed by atoms with van der Waals surface area (Å²) in [5.74, 6) is -2.70. The molecule has 0 spiro atoms. The van der Waals surface area contributed by atoms with Gasteiger partial charge in [0, 0.05) is 11.6 Å². The molecule has 1 aromatic rings. The Labute approximate surface area is 145 Å². The summed E-state index contributed by atoms with van der Waals surface area (Å²) in [6, 6.07) is 3.91. The van der Waals surface area contributed by atoms with Gasteiger partial charge in [-0.15, -0.1) is 0 Å². The monoisotopic (exact) mass is 368 g/mol. The number of carbonyl (C=O) groups is 3. The second kappa shape index (κ2) is 7.32.